The molecule has 94 valence electrons. The lowest BCUT2D eigenvalue weighted by Gasteiger charge is -1.93. The molecule has 0 saturated carbocycles. The lowest BCUT2D eigenvalue weighted by Crippen LogP contribution is -2.19. The number of nitro groups is 1. The molecule has 2 heterocycles. The zero-order valence-electron chi connectivity index (χ0n) is 9.24. The summed E-state index contributed by atoms with van der Waals surface area (Å²) in [6.45, 7) is 1.61. The summed E-state index contributed by atoms with van der Waals surface area (Å²) in [4.78, 5) is 20.7. The predicted molar refractivity (Wildman–Crippen MR) is 65.6 cm³/mol. The lowest BCUT2D eigenvalue weighted by molar-refractivity contribution is -0.402. The molecule has 1 aromatic heterocycles. The molecule has 1 N–H and O–H groups in total. The van der Waals surface area contributed by atoms with E-state index >= 15 is 0 Å². The van der Waals surface area contributed by atoms with Crippen LogP contribution in [-0.2, 0) is 4.79 Å². The number of nitrogens with zero attached hydrogens (tertiary/aromatic N) is 3. The van der Waals surface area contributed by atoms with Crippen molar-refractivity contribution in [3.63, 3.8) is 0 Å². The number of carbonyl (C=O) groups excluding carboxylic acids is 1. The molecule has 1 fully saturated rings. The van der Waals surface area contributed by atoms with E-state index in [0.717, 1.165) is 0 Å². The Balaban J connectivity index is 2.12. The summed E-state index contributed by atoms with van der Waals surface area (Å²) in [6, 6.07) is 2.69. The van der Waals surface area contributed by atoms with Crippen molar-refractivity contribution in [1.82, 2.24) is 5.32 Å². The fraction of sp³-hybridized carbons (Fsp3) is 0.222. The van der Waals surface area contributed by atoms with Gasteiger partial charge in [0.25, 0.3) is 0 Å². The molecule has 2 rings (SSSR count). The van der Waals surface area contributed by atoms with E-state index < -0.39 is 4.92 Å². The molecule has 8 nitrogen and oxygen atoms in total. The molecule has 1 saturated heterocycles. The van der Waals surface area contributed by atoms with Crippen LogP contribution in [0.15, 0.2) is 26.8 Å². The van der Waals surface area contributed by atoms with Gasteiger partial charge in [0.1, 0.15) is 10.6 Å². The maximum Gasteiger partial charge on any atom is 0.433 e. The number of nitrogens with one attached hydrogen (secondary N) is 1. The molecule has 0 unspecified atom stereocenters. The van der Waals surface area contributed by atoms with Gasteiger partial charge in [0.15, 0.2) is 10.9 Å². The van der Waals surface area contributed by atoms with E-state index in [1.165, 1.54) is 23.9 Å². The molecule has 18 heavy (non-hydrogen) atoms. The number of carbonyl (C=O) groups is 1. The second kappa shape index (κ2) is 5.00. The van der Waals surface area contributed by atoms with Gasteiger partial charge in [-0.3, -0.25) is 14.9 Å². The van der Waals surface area contributed by atoms with E-state index in [2.05, 4.69) is 15.5 Å². The van der Waals surface area contributed by atoms with Crippen LogP contribution in [0, 0.1) is 10.1 Å². The molecule has 0 aliphatic carbocycles. The molecule has 9 heteroatoms. The van der Waals surface area contributed by atoms with Crippen molar-refractivity contribution in [3.8, 4) is 0 Å². The quantitative estimate of drug-likeness (QED) is 0.502. The van der Waals surface area contributed by atoms with Gasteiger partial charge in [0.2, 0.25) is 5.91 Å². The summed E-state index contributed by atoms with van der Waals surface area (Å²) in [5.41, 5.74) is 0.386. The molecule has 0 bridgehead atoms. The van der Waals surface area contributed by atoms with Crippen LogP contribution in [0.25, 0.3) is 0 Å². The van der Waals surface area contributed by atoms with Gasteiger partial charge in [0, 0.05) is 0 Å². The first-order valence-electron chi connectivity index (χ1n) is 4.86. The molecule has 1 amide bonds. The van der Waals surface area contributed by atoms with Gasteiger partial charge in [0.05, 0.1) is 11.8 Å². The molecule has 0 radical (unpaired) electrons. The Bertz CT molecular complexity index is 563. The topological polar surface area (TPSA) is 110 Å². The monoisotopic (exact) mass is 268 g/mol. The molecular formula is C9H8N4O4S. The Hall–Kier alpha value is -2.16. The average Bonchev–Trinajstić information content (AvgIpc) is 2.94. The van der Waals surface area contributed by atoms with Crippen molar-refractivity contribution in [2.75, 3.05) is 5.75 Å². The SMILES string of the molecule is C/C(=N/N=C1\NC(=O)CS1)c1ccc([N+](=O)[O-])o1. The van der Waals surface area contributed by atoms with Crippen molar-refractivity contribution in [1.29, 1.82) is 0 Å². The van der Waals surface area contributed by atoms with Gasteiger partial charge in [-0.1, -0.05) is 11.8 Å². The zero-order chi connectivity index (χ0) is 13.1. The zero-order valence-corrected chi connectivity index (χ0v) is 10.1. The van der Waals surface area contributed by atoms with Crippen LogP contribution >= 0.6 is 11.8 Å². The van der Waals surface area contributed by atoms with Gasteiger partial charge in [-0.25, -0.2) is 0 Å². The summed E-state index contributed by atoms with van der Waals surface area (Å²) >= 11 is 1.24. The third kappa shape index (κ3) is 2.74. The van der Waals surface area contributed by atoms with E-state index in [-0.39, 0.29) is 17.6 Å². The molecule has 0 atom stereocenters. The van der Waals surface area contributed by atoms with Crippen LogP contribution in [0.3, 0.4) is 0 Å². The van der Waals surface area contributed by atoms with Gasteiger partial charge in [-0.05, 0) is 13.0 Å². The van der Waals surface area contributed by atoms with Crippen molar-refractivity contribution in [2.24, 2.45) is 10.2 Å². The molecule has 1 aromatic rings. The maximum atomic E-state index is 10.9. The van der Waals surface area contributed by atoms with Crippen molar-refractivity contribution in [2.45, 2.75) is 6.92 Å². The van der Waals surface area contributed by atoms with Crippen molar-refractivity contribution in [3.05, 3.63) is 28.0 Å². The summed E-state index contributed by atoms with van der Waals surface area (Å²) in [6.07, 6.45) is 0. The second-order valence-electron chi connectivity index (χ2n) is 3.32. The van der Waals surface area contributed by atoms with E-state index in [4.69, 9.17) is 4.42 Å². The maximum absolute atomic E-state index is 10.9. The van der Waals surface area contributed by atoms with Crippen LogP contribution in [0.2, 0.25) is 0 Å². The lowest BCUT2D eigenvalue weighted by atomic mass is 10.3. The minimum absolute atomic E-state index is 0.125. The van der Waals surface area contributed by atoms with Crippen molar-refractivity contribution < 1.29 is 14.1 Å². The fourth-order valence-electron chi connectivity index (χ4n) is 1.17. The Labute approximate surface area is 105 Å². The van der Waals surface area contributed by atoms with E-state index in [1.54, 1.807) is 6.92 Å². The van der Waals surface area contributed by atoms with Crippen LogP contribution in [0.1, 0.15) is 12.7 Å². The van der Waals surface area contributed by atoms with Crippen LogP contribution in [0.5, 0.6) is 0 Å². The third-order valence-electron chi connectivity index (χ3n) is 2.01. The van der Waals surface area contributed by atoms with Gasteiger partial charge < -0.3 is 9.73 Å². The molecule has 1 aliphatic heterocycles. The van der Waals surface area contributed by atoms with Crippen LogP contribution < -0.4 is 5.32 Å². The average molecular weight is 268 g/mol. The van der Waals surface area contributed by atoms with Gasteiger partial charge in [-0.2, -0.15) is 0 Å². The molecule has 0 aromatic carbocycles. The first kappa shape index (κ1) is 12.3. The fourth-order valence-corrected chi connectivity index (χ4v) is 1.79. The molecule has 0 spiro atoms. The number of rotatable bonds is 3. The number of furan rings is 1. The minimum Gasteiger partial charge on any atom is -0.399 e. The largest absolute Gasteiger partial charge is 0.433 e. The Morgan fingerprint density at radius 1 is 1.61 bits per heavy atom. The van der Waals surface area contributed by atoms with Gasteiger partial charge in [-0.15, -0.1) is 10.2 Å². The van der Waals surface area contributed by atoms with Crippen LogP contribution in [0.4, 0.5) is 5.88 Å². The summed E-state index contributed by atoms with van der Waals surface area (Å²) in [7, 11) is 0. The predicted octanol–water partition coefficient (Wildman–Crippen LogP) is 1.13. The van der Waals surface area contributed by atoms with Gasteiger partial charge >= 0.3 is 5.88 Å². The first-order valence-corrected chi connectivity index (χ1v) is 5.84. The number of amidine groups is 1. The Morgan fingerprint density at radius 2 is 2.39 bits per heavy atom. The Kier molecular flexibility index (Phi) is 3.42. The highest BCUT2D eigenvalue weighted by atomic mass is 32.2. The highest BCUT2D eigenvalue weighted by molar-refractivity contribution is 8.15. The summed E-state index contributed by atoms with van der Waals surface area (Å²) in [5.74, 6) is 0.107. The minimum atomic E-state index is -0.629. The Morgan fingerprint density at radius 3 is 2.94 bits per heavy atom. The van der Waals surface area contributed by atoms with E-state index in [0.29, 0.717) is 16.6 Å². The molecule has 1 aliphatic rings. The smallest absolute Gasteiger partial charge is 0.399 e. The number of hydrogen-bond donors (Lipinski definition) is 1. The van der Waals surface area contributed by atoms with E-state index in [1.807, 2.05) is 0 Å². The van der Waals surface area contributed by atoms with Crippen LogP contribution in [-0.4, -0.2) is 27.5 Å². The summed E-state index contributed by atoms with van der Waals surface area (Å²) < 4.78 is 4.95. The normalized spacial score (nSPS) is 18.2. The standard InChI is InChI=1S/C9H8N4O4S/c1-5(6-2-3-8(17-6)13(15)16)11-12-9-10-7(14)4-18-9/h2-3H,4H2,1H3,(H,10,12,14)/b11-5-. The first-order chi connectivity index (χ1) is 8.56. The second-order valence-corrected chi connectivity index (χ2v) is 4.29. The number of amides is 1. The highest BCUT2D eigenvalue weighted by Gasteiger charge is 2.17. The number of hydrogen-bond acceptors (Lipinski definition) is 7. The number of thioether (sulfide) groups is 1. The summed E-state index contributed by atoms with van der Waals surface area (Å²) in [5, 5.41) is 21.0. The van der Waals surface area contributed by atoms with Crippen molar-refractivity contribution >= 4 is 34.4 Å². The third-order valence-corrected chi connectivity index (χ3v) is 2.87. The highest BCUT2D eigenvalue weighted by Crippen LogP contribution is 2.16. The molecular weight excluding hydrogens is 260 g/mol. The van der Waals surface area contributed by atoms with E-state index in [9.17, 15) is 14.9 Å².